The number of hydrogen-bond donors (Lipinski definition) is 1. The fraction of sp³-hybridized carbons (Fsp3) is 0.250. The number of piperazine rings is 1. The Kier molecular flexibility index (Phi) is 5.95. The van der Waals surface area contributed by atoms with Gasteiger partial charge < -0.3 is 9.71 Å². The van der Waals surface area contributed by atoms with Gasteiger partial charge in [0.25, 0.3) is 16.7 Å². The lowest BCUT2D eigenvalue weighted by atomic mass is 10.0. The molecular weight excluding hydrogens is 485 g/mol. The van der Waals surface area contributed by atoms with Crippen LogP contribution >= 0.6 is 22.4 Å². The van der Waals surface area contributed by atoms with Gasteiger partial charge in [-0.25, -0.2) is 9.49 Å². The first-order chi connectivity index (χ1) is 14.1. The van der Waals surface area contributed by atoms with Gasteiger partial charge in [0.1, 0.15) is 5.82 Å². The first-order valence-corrected chi connectivity index (χ1v) is 10.5. The number of aromatic nitrogens is 2. The van der Waals surface area contributed by atoms with Crippen molar-refractivity contribution in [3.63, 3.8) is 0 Å². The number of rotatable bonds is 4. The minimum atomic E-state index is -0.527. The maximum atomic E-state index is 14.4. The van der Waals surface area contributed by atoms with Crippen LogP contribution in [-0.2, 0) is 6.42 Å². The van der Waals surface area contributed by atoms with Crippen LogP contribution in [0.4, 0.5) is 4.39 Å². The van der Waals surface area contributed by atoms with Crippen molar-refractivity contribution in [2.24, 2.45) is 0 Å². The van der Waals surface area contributed by atoms with E-state index in [-0.39, 0.29) is 17.0 Å². The Labute approximate surface area is 181 Å². The van der Waals surface area contributed by atoms with E-state index in [1.54, 1.807) is 29.2 Å². The molecule has 0 spiro atoms. The summed E-state index contributed by atoms with van der Waals surface area (Å²) in [4.78, 5) is 28.7. The summed E-state index contributed by atoms with van der Waals surface area (Å²) in [5.74, 6) is -0.822. The molecule has 4 rings (SSSR count). The van der Waals surface area contributed by atoms with Gasteiger partial charge in [0.15, 0.2) is 0 Å². The Balaban J connectivity index is 1.60. The van der Waals surface area contributed by atoms with Crippen LogP contribution in [0.2, 0.25) is 0 Å². The van der Waals surface area contributed by atoms with E-state index in [9.17, 15) is 14.0 Å². The molecule has 29 heavy (non-hydrogen) atoms. The van der Waals surface area contributed by atoms with Crippen molar-refractivity contribution >= 4 is 44.3 Å². The molecule has 1 N–H and O–H groups in total. The molecule has 1 aliphatic rings. The van der Waals surface area contributed by atoms with Crippen LogP contribution in [0.25, 0.3) is 10.8 Å². The molecule has 1 fully saturated rings. The van der Waals surface area contributed by atoms with Crippen molar-refractivity contribution in [2.45, 2.75) is 6.42 Å². The summed E-state index contributed by atoms with van der Waals surface area (Å²) in [7, 11) is 0. The van der Waals surface area contributed by atoms with E-state index in [1.807, 2.05) is 17.4 Å². The molecule has 9 heteroatoms. The van der Waals surface area contributed by atoms with E-state index < -0.39 is 5.82 Å². The Morgan fingerprint density at radius 3 is 2.59 bits per heavy atom. The molecule has 1 radical (unpaired) electrons. The fourth-order valence-electron chi connectivity index (χ4n) is 3.54. The number of hydrogen-bond acceptors (Lipinski definition) is 4. The number of amides is 1. The Hall–Kier alpha value is -2.27. The maximum absolute atomic E-state index is 14.4. The second-order valence-corrected chi connectivity index (χ2v) is 7.52. The quantitative estimate of drug-likeness (QED) is 0.439. The largest absolute Gasteiger partial charge is 0.336 e. The SMILES string of the molecule is O=C(c1cc(Cc2n[nH]c(=O)c3ccccc23)ccc1F)N1CCN([B]I)CC1. The monoisotopic (exact) mass is 503 g/mol. The Morgan fingerprint density at radius 2 is 1.86 bits per heavy atom. The van der Waals surface area contributed by atoms with Gasteiger partial charge in [-0.1, -0.05) is 24.3 Å². The molecular formula is C20H18BFIN4O2. The molecule has 2 aromatic carbocycles. The Morgan fingerprint density at radius 1 is 1.14 bits per heavy atom. The van der Waals surface area contributed by atoms with Gasteiger partial charge >= 0.3 is 0 Å². The molecule has 0 unspecified atom stereocenters. The molecule has 1 aliphatic heterocycles. The van der Waals surface area contributed by atoms with Crippen molar-refractivity contribution in [3.8, 4) is 0 Å². The molecule has 2 heterocycles. The maximum Gasteiger partial charge on any atom is 0.295 e. The van der Waals surface area contributed by atoms with Crippen molar-refractivity contribution < 1.29 is 9.18 Å². The lowest BCUT2D eigenvalue weighted by molar-refractivity contribution is 0.0694. The van der Waals surface area contributed by atoms with E-state index in [1.165, 1.54) is 6.07 Å². The number of fused-ring (bicyclic) bond motifs is 1. The van der Waals surface area contributed by atoms with E-state index in [4.69, 9.17) is 0 Å². The van der Waals surface area contributed by atoms with Crippen molar-refractivity contribution in [1.82, 2.24) is 19.9 Å². The number of carbonyl (C=O) groups excluding carboxylic acids is 1. The van der Waals surface area contributed by atoms with E-state index in [0.29, 0.717) is 30.6 Å². The highest BCUT2D eigenvalue weighted by molar-refractivity contribution is 14.1. The van der Waals surface area contributed by atoms with Gasteiger partial charge in [-0.15, -0.1) is 22.4 Å². The number of nitrogens with one attached hydrogen (secondary N) is 1. The van der Waals surface area contributed by atoms with Crippen molar-refractivity contribution in [2.75, 3.05) is 26.2 Å². The van der Waals surface area contributed by atoms with Crippen LogP contribution in [0.1, 0.15) is 21.6 Å². The van der Waals surface area contributed by atoms with Crippen LogP contribution < -0.4 is 5.56 Å². The number of benzene rings is 2. The summed E-state index contributed by atoms with van der Waals surface area (Å²) in [6.45, 7) is 2.61. The molecule has 1 amide bonds. The van der Waals surface area contributed by atoms with Gasteiger partial charge in [-0.3, -0.25) is 9.59 Å². The van der Waals surface area contributed by atoms with Crippen LogP contribution in [0.5, 0.6) is 0 Å². The summed E-state index contributed by atoms with van der Waals surface area (Å²) >= 11 is 2.18. The third-order valence-corrected chi connectivity index (χ3v) is 5.94. The summed E-state index contributed by atoms with van der Waals surface area (Å²) in [5.41, 5.74) is 1.26. The van der Waals surface area contributed by atoms with Crippen LogP contribution in [0.15, 0.2) is 47.3 Å². The molecule has 1 aromatic heterocycles. The molecule has 0 aliphatic carbocycles. The number of nitrogens with zero attached hydrogens (tertiary/aromatic N) is 3. The Bertz CT molecular complexity index is 1120. The van der Waals surface area contributed by atoms with Gasteiger partial charge in [0.05, 0.1) is 16.6 Å². The zero-order valence-electron chi connectivity index (χ0n) is 15.6. The number of carbonyl (C=O) groups is 1. The second-order valence-electron chi connectivity index (χ2n) is 6.96. The van der Waals surface area contributed by atoms with E-state index in [2.05, 4.69) is 37.4 Å². The lowest BCUT2D eigenvalue weighted by Gasteiger charge is -2.33. The number of aromatic amines is 1. The smallest absolute Gasteiger partial charge is 0.295 e. The van der Waals surface area contributed by atoms with Crippen LogP contribution in [-0.4, -0.2) is 57.3 Å². The van der Waals surface area contributed by atoms with Gasteiger partial charge in [-0.2, -0.15) is 5.10 Å². The molecule has 0 saturated carbocycles. The molecule has 6 nitrogen and oxygen atoms in total. The zero-order valence-corrected chi connectivity index (χ0v) is 17.7. The minimum absolute atomic E-state index is 0.0723. The first-order valence-electron chi connectivity index (χ1n) is 9.28. The predicted molar refractivity (Wildman–Crippen MR) is 119 cm³/mol. The van der Waals surface area contributed by atoms with Gasteiger partial charge in [0.2, 0.25) is 0 Å². The highest BCUT2D eigenvalue weighted by atomic mass is 127. The highest BCUT2D eigenvalue weighted by Crippen LogP contribution is 2.20. The van der Waals surface area contributed by atoms with Gasteiger partial charge in [-0.05, 0) is 23.8 Å². The molecule has 0 atom stereocenters. The second kappa shape index (κ2) is 8.62. The van der Waals surface area contributed by atoms with Crippen molar-refractivity contribution in [1.29, 1.82) is 0 Å². The van der Waals surface area contributed by atoms with Gasteiger partial charge in [0, 0.05) is 38.0 Å². The third-order valence-electron chi connectivity index (χ3n) is 5.15. The molecule has 0 bridgehead atoms. The average Bonchev–Trinajstić information content (AvgIpc) is 2.77. The zero-order chi connectivity index (χ0) is 20.4. The van der Waals surface area contributed by atoms with Crippen molar-refractivity contribution in [3.05, 3.63) is 75.5 Å². The lowest BCUT2D eigenvalue weighted by Crippen LogP contribution is -2.49. The average molecular weight is 503 g/mol. The number of halogens is 2. The van der Waals surface area contributed by atoms with Crippen LogP contribution in [0.3, 0.4) is 0 Å². The fourth-order valence-corrected chi connectivity index (χ4v) is 4.10. The first kappa shape index (κ1) is 20.0. The number of H-pyrrole nitrogens is 1. The van der Waals surface area contributed by atoms with Crippen LogP contribution in [0, 0.1) is 5.82 Å². The highest BCUT2D eigenvalue weighted by Gasteiger charge is 2.24. The normalized spacial score (nSPS) is 14.9. The van der Waals surface area contributed by atoms with E-state index in [0.717, 1.165) is 24.0 Å². The molecule has 147 valence electrons. The summed E-state index contributed by atoms with van der Waals surface area (Å²) in [6.07, 6.45) is 0.384. The molecule has 1 saturated heterocycles. The third kappa shape index (κ3) is 4.20. The topological polar surface area (TPSA) is 69.3 Å². The summed E-state index contributed by atoms with van der Waals surface area (Å²) < 4.78 is 14.4. The molecule has 3 aromatic rings. The van der Waals surface area contributed by atoms with E-state index >= 15 is 0 Å². The standard InChI is InChI=1S/C20H18BFIN4O2/c22-17-6-5-13(11-16(17)20(29)26-7-9-27(21-23)10-8-26)12-18-14-3-1-2-4-15(14)19(28)25-24-18/h1-6,11H,7-10,12H2,(H,25,28). The summed E-state index contributed by atoms with van der Waals surface area (Å²) in [6, 6.07) is 11.8. The predicted octanol–water partition coefficient (Wildman–Crippen LogP) is 2.38. The minimum Gasteiger partial charge on any atom is -0.336 e. The summed E-state index contributed by atoms with van der Waals surface area (Å²) in [5, 5.41) is 9.96.